The molecule has 0 aliphatic carbocycles. The summed E-state index contributed by atoms with van der Waals surface area (Å²) in [6.07, 6.45) is 3.08. The molecule has 0 N–H and O–H groups in total. The molecule has 3 aromatic rings. The second kappa shape index (κ2) is 8.73. The highest BCUT2D eigenvalue weighted by Gasteiger charge is 2.31. The number of rotatable bonds is 5. The third-order valence-corrected chi connectivity index (χ3v) is 4.84. The molecule has 1 amide bonds. The van der Waals surface area contributed by atoms with Gasteiger partial charge in [-0.25, -0.2) is 4.99 Å². The van der Waals surface area contributed by atoms with Crippen LogP contribution in [-0.2, 0) is 4.79 Å². The molecule has 0 unspecified atom stereocenters. The van der Waals surface area contributed by atoms with Crippen LogP contribution in [0.1, 0.15) is 16.7 Å². The summed E-state index contributed by atoms with van der Waals surface area (Å²) in [5.41, 5.74) is 2.14. The van der Waals surface area contributed by atoms with Crippen LogP contribution in [0.15, 0.2) is 94.7 Å². The van der Waals surface area contributed by atoms with Gasteiger partial charge in [0.15, 0.2) is 5.84 Å². The molecule has 1 aliphatic rings. The Balaban J connectivity index is 1.71. The Morgan fingerprint density at radius 1 is 0.968 bits per heavy atom. The molecule has 4 rings (SSSR count). The molecule has 152 valence electrons. The van der Waals surface area contributed by atoms with Gasteiger partial charge in [-0.3, -0.25) is 14.9 Å². The lowest BCUT2D eigenvalue weighted by Gasteiger charge is -2.12. The highest BCUT2D eigenvalue weighted by molar-refractivity contribution is 6.33. The van der Waals surface area contributed by atoms with Crippen LogP contribution in [0.25, 0.3) is 6.08 Å². The average Bonchev–Trinajstić information content (AvgIpc) is 3.09. The van der Waals surface area contributed by atoms with E-state index >= 15 is 0 Å². The summed E-state index contributed by atoms with van der Waals surface area (Å²) in [6.45, 7) is 0. The highest BCUT2D eigenvalue weighted by atomic mass is 35.5. The largest absolute Gasteiger partial charge is 0.298 e. The zero-order chi connectivity index (χ0) is 21.8. The standard InChI is InChI=1S/C23H15ClN4O3/c24-20-9-5-4-8-18(20)15-25-27-22(17-6-2-1-3-7-17)26-21(23(27)29)14-16-10-12-19(13-11-16)28(30)31/h1-15H/b21-14-,25-15+. The molecule has 8 heteroatoms. The van der Waals surface area contributed by atoms with Gasteiger partial charge in [0, 0.05) is 28.3 Å². The van der Waals surface area contributed by atoms with Crippen LogP contribution in [0.2, 0.25) is 5.02 Å². The SMILES string of the molecule is O=C1/C(=C/c2ccc([N+](=O)[O-])cc2)N=C(c2ccccc2)N1/N=C/c1ccccc1Cl. The lowest BCUT2D eigenvalue weighted by molar-refractivity contribution is -0.384. The molecule has 1 heterocycles. The minimum atomic E-state index is -0.478. The van der Waals surface area contributed by atoms with Crippen molar-refractivity contribution in [3.63, 3.8) is 0 Å². The number of halogens is 1. The van der Waals surface area contributed by atoms with E-state index in [9.17, 15) is 14.9 Å². The van der Waals surface area contributed by atoms with Gasteiger partial charge in [0.2, 0.25) is 0 Å². The van der Waals surface area contributed by atoms with Crippen LogP contribution >= 0.6 is 11.6 Å². The lowest BCUT2D eigenvalue weighted by atomic mass is 10.2. The Labute approximate surface area is 182 Å². The van der Waals surface area contributed by atoms with Crippen LogP contribution < -0.4 is 0 Å². The second-order valence-corrected chi connectivity index (χ2v) is 6.97. The summed E-state index contributed by atoms with van der Waals surface area (Å²) in [5, 5.41) is 16.9. The molecule has 0 spiro atoms. The quantitative estimate of drug-likeness (QED) is 0.249. The van der Waals surface area contributed by atoms with Gasteiger partial charge in [0.1, 0.15) is 5.70 Å². The van der Waals surface area contributed by atoms with E-state index in [1.54, 1.807) is 30.3 Å². The van der Waals surface area contributed by atoms with Crippen molar-refractivity contribution in [1.82, 2.24) is 5.01 Å². The van der Waals surface area contributed by atoms with Crippen molar-refractivity contribution in [2.75, 3.05) is 0 Å². The van der Waals surface area contributed by atoms with Crippen molar-refractivity contribution in [3.8, 4) is 0 Å². The van der Waals surface area contributed by atoms with Crippen molar-refractivity contribution in [3.05, 3.63) is 116 Å². The van der Waals surface area contributed by atoms with E-state index in [2.05, 4.69) is 10.1 Å². The number of hydrazone groups is 1. The minimum absolute atomic E-state index is 0.0284. The van der Waals surface area contributed by atoms with Gasteiger partial charge < -0.3 is 0 Å². The molecule has 0 radical (unpaired) electrons. The minimum Gasteiger partial charge on any atom is -0.265 e. The molecule has 0 fully saturated rings. The first-order valence-corrected chi connectivity index (χ1v) is 9.64. The fourth-order valence-corrected chi connectivity index (χ4v) is 3.12. The summed E-state index contributed by atoms with van der Waals surface area (Å²) in [7, 11) is 0. The number of amidine groups is 1. The van der Waals surface area contributed by atoms with Crippen LogP contribution in [0.5, 0.6) is 0 Å². The van der Waals surface area contributed by atoms with Crippen LogP contribution in [-0.4, -0.2) is 27.9 Å². The maximum absolute atomic E-state index is 13.1. The van der Waals surface area contributed by atoms with E-state index < -0.39 is 10.8 Å². The zero-order valence-electron chi connectivity index (χ0n) is 16.1. The molecule has 0 atom stereocenters. The van der Waals surface area contributed by atoms with Crippen LogP contribution in [0.4, 0.5) is 5.69 Å². The van der Waals surface area contributed by atoms with Gasteiger partial charge in [-0.2, -0.15) is 10.1 Å². The summed E-state index contributed by atoms with van der Waals surface area (Å²) in [4.78, 5) is 27.9. The summed E-state index contributed by atoms with van der Waals surface area (Å²) in [5.74, 6) is -0.0393. The van der Waals surface area contributed by atoms with Crippen molar-refractivity contribution >= 4 is 41.3 Å². The number of hydrogen-bond acceptors (Lipinski definition) is 5. The van der Waals surface area contributed by atoms with Gasteiger partial charge >= 0.3 is 0 Å². The third kappa shape index (κ3) is 4.41. The van der Waals surface area contributed by atoms with Gasteiger partial charge in [0.05, 0.1) is 11.1 Å². The van der Waals surface area contributed by atoms with E-state index in [0.29, 0.717) is 22.0 Å². The topological polar surface area (TPSA) is 88.2 Å². The van der Waals surface area contributed by atoms with Crippen molar-refractivity contribution in [2.45, 2.75) is 0 Å². The smallest absolute Gasteiger partial charge is 0.265 e. The number of hydrogen-bond donors (Lipinski definition) is 0. The van der Waals surface area contributed by atoms with Crippen LogP contribution in [0, 0.1) is 10.1 Å². The number of non-ortho nitro benzene ring substituents is 1. The summed E-state index contributed by atoms with van der Waals surface area (Å²) < 4.78 is 0. The Morgan fingerprint density at radius 2 is 1.65 bits per heavy atom. The van der Waals surface area contributed by atoms with Gasteiger partial charge in [-0.05, 0) is 29.8 Å². The first kappa shape index (κ1) is 20.2. The number of aliphatic imine (C=N–C) groups is 1. The number of nitrogens with zero attached hydrogens (tertiary/aromatic N) is 4. The van der Waals surface area contributed by atoms with Crippen molar-refractivity contribution in [1.29, 1.82) is 0 Å². The monoisotopic (exact) mass is 430 g/mol. The van der Waals surface area contributed by atoms with Crippen molar-refractivity contribution < 1.29 is 9.72 Å². The van der Waals surface area contributed by atoms with Crippen molar-refractivity contribution in [2.24, 2.45) is 10.1 Å². The first-order valence-electron chi connectivity index (χ1n) is 9.26. The van der Waals surface area contributed by atoms with E-state index in [1.807, 2.05) is 42.5 Å². The predicted octanol–water partition coefficient (Wildman–Crippen LogP) is 4.91. The van der Waals surface area contributed by atoms with Gasteiger partial charge in [-0.15, -0.1) is 0 Å². The fourth-order valence-electron chi connectivity index (χ4n) is 2.94. The molecule has 0 aromatic heterocycles. The number of nitro groups is 1. The fraction of sp³-hybridized carbons (Fsp3) is 0. The van der Waals surface area contributed by atoms with E-state index in [0.717, 1.165) is 5.56 Å². The van der Waals surface area contributed by atoms with Gasteiger partial charge in [-0.1, -0.05) is 60.1 Å². The van der Waals surface area contributed by atoms with Gasteiger partial charge in [0.25, 0.3) is 11.6 Å². The molecule has 7 nitrogen and oxygen atoms in total. The number of nitro benzene ring substituents is 1. The first-order chi connectivity index (χ1) is 15.0. The molecule has 0 saturated heterocycles. The normalized spacial score (nSPS) is 15.0. The third-order valence-electron chi connectivity index (χ3n) is 4.50. The maximum Gasteiger partial charge on any atom is 0.298 e. The predicted molar refractivity (Wildman–Crippen MR) is 120 cm³/mol. The zero-order valence-corrected chi connectivity index (χ0v) is 16.8. The Kier molecular flexibility index (Phi) is 5.68. The number of carbonyl (C=O) groups excluding carboxylic acids is 1. The molecular weight excluding hydrogens is 416 g/mol. The number of amides is 1. The number of carbonyl (C=O) groups is 1. The van der Waals surface area contributed by atoms with E-state index in [-0.39, 0.29) is 11.4 Å². The Morgan fingerprint density at radius 3 is 2.32 bits per heavy atom. The average molecular weight is 431 g/mol. The molecule has 31 heavy (non-hydrogen) atoms. The second-order valence-electron chi connectivity index (χ2n) is 6.56. The molecule has 1 aliphatic heterocycles. The Bertz CT molecular complexity index is 1240. The highest BCUT2D eigenvalue weighted by Crippen LogP contribution is 2.24. The van der Waals surface area contributed by atoms with E-state index in [1.165, 1.54) is 23.4 Å². The maximum atomic E-state index is 13.1. The summed E-state index contributed by atoms with van der Waals surface area (Å²) in [6, 6.07) is 22.3. The lowest BCUT2D eigenvalue weighted by Crippen LogP contribution is -2.27. The molecule has 0 bridgehead atoms. The van der Waals surface area contributed by atoms with Crippen LogP contribution in [0.3, 0.4) is 0 Å². The number of benzene rings is 3. The molecule has 3 aromatic carbocycles. The summed E-state index contributed by atoms with van der Waals surface area (Å²) >= 11 is 6.19. The van der Waals surface area contributed by atoms with E-state index in [4.69, 9.17) is 11.6 Å². The molecular formula is C23H15ClN4O3. The molecule has 0 saturated carbocycles. The Hall–Kier alpha value is -4.10.